The number of anilines is 1. The molecule has 2 aromatic rings. The van der Waals surface area contributed by atoms with Gasteiger partial charge in [0, 0.05) is 27.1 Å². The van der Waals surface area contributed by atoms with Crippen LogP contribution in [0.5, 0.6) is 0 Å². The average Bonchev–Trinajstić information content (AvgIpc) is 3.24. The molecular weight excluding hydrogens is 322 g/mol. The number of imidazole rings is 1. The molecule has 7 heteroatoms. The Balaban J connectivity index is 1.67. The van der Waals surface area contributed by atoms with Crippen molar-refractivity contribution in [1.82, 2.24) is 19.9 Å². The van der Waals surface area contributed by atoms with E-state index in [-0.39, 0.29) is 5.91 Å². The van der Waals surface area contributed by atoms with E-state index < -0.39 is 0 Å². The van der Waals surface area contributed by atoms with E-state index in [0.29, 0.717) is 12.5 Å². The summed E-state index contributed by atoms with van der Waals surface area (Å²) in [5.74, 6) is 1.38. The summed E-state index contributed by atoms with van der Waals surface area (Å²) in [5.41, 5.74) is 1.82. The Kier molecular flexibility index (Phi) is 4.89. The number of hydrogen-bond acceptors (Lipinski definition) is 5. The van der Waals surface area contributed by atoms with Crippen LogP contribution in [-0.2, 0) is 13.6 Å². The zero-order chi connectivity index (χ0) is 17.3. The Bertz CT molecular complexity index is 727. The molecule has 1 aliphatic carbocycles. The highest BCUT2D eigenvalue weighted by Gasteiger charge is 2.23. The van der Waals surface area contributed by atoms with E-state index in [0.717, 1.165) is 27.2 Å². The molecule has 0 aromatic carbocycles. The first-order chi connectivity index (χ1) is 11.5. The first kappa shape index (κ1) is 17.0. The van der Waals surface area contributed by atoms with Crippen LogP contribution in [0.3, 0.4) is 0 Å². The van der Waals surface area contributed by atoms with Crippen LogP contribution in [0.25, 0.3) is 0 Å². The van der Waals surface area contributed by atoms with Crippen molar-refractivity contribution < 1.29 is 4.79 Å². The smallest absolute Gasteiger partial charge is 0.263 e. The normalized spacial score (nSPS) is 15.0. The summed E-state index contributed by atoms with van der Waals surface area (Å²) < 4.78 is 1.99. The van der Waals surface area contributed by atoms with Crippen LogP contribution < -0.4 is 10.2 Å². The van der Waals surface area contributed by atoms with Gasteiger partial charge in [0.1, 0.15) is 4.88 Å². The van der Waals surface area contributed by atoms with Crippen LogP contribution >= 0.6 is 11.3 Å². The van der Waals surface area contributed by atoms with Gasteiger partial charge in [0.05, 0.1) is 29.1 Å². The molecule has 0 bridgehead atoms. The number of hydrogen-bond donors (Lipinski definition) is 1. The number of aromatic nitrogens is 3. The maximum Gasteiger partial charge on any atom is 0.263 e. The molecule has 0 unspecified atom stereocenters. The lowest BCUT2D eigenvalue weighted by Gasteiger charge is -2.12. The predicted molar refractivity (Wildman–Crippen MR) is 96.8 cm³/mol. The van der Waals surface area contributed by atoms with Crippen molar-refractivity contribution in [2.24, 2.45) is 7.05 Å². The molecule has 0 radical (unpaired) electrons. The predicted octanol–water partition coefficient (Wildman–Crippen LogP) is 2.84. The number of aryl methyl sites for hydroxylation is 1. The summed E-state index contributed by atoms with van der Waals surface area (Å²) in [6.45, 7) is 2.39. The molecule has 1 fully saturated rings. The van der Waals surface area contributed by atoms with Gasteiger partial charge in [0.2, 0.25) is 5.95 Å². The molecule has 2 aromatic heterocycles. The van der Waals surface area contributed by atoms with E-state index in [2.05, 4.69) is 15.3 Å². The van der Waals surface area contributed by atoms with E-state index >= 15 is 0 Å². The monoisotopic (exact) mass is 347 g/mol. The molecule has 1 amide bonds. The number of nitrogens with one attached hydrogen (secondary N) is 1. The fraction of sp³-hybridized carbons (Fsp3) is 0.588. The van der Waals surface area contributed by atoms with E-state index in [4.69, 9.17) is 0 Å². The van der Waals surface area contributed by atoms with Crippen molar-refractivity contribution >= 4 is 23.2 Å². The average molecular weight is 347 g/mol. The summed E-state index contributed by atoms with van der Waals surface area (Å²) in [4.78, 5) is 24.2. The first-order valence-corrected chi connectivity index (χ1v) is 9.22. The molecule has 1 N–H and O–H groups in total. The largest absolute Gasteiger partial charge is 0.348 e. The van der Waals surface area contributed by atoms with Crippen molar-refractivity contribution in [1.29, 1.82) is 0 Å². The van der Waals surface area contributed by atoms with Crippen molar-refractivity contribution in [3.8, 4) is 0 Å². The molecule has 2 heterocycles. The van der Waals surface area contributed by atoms with E-state index in [9.17, 15) is 4.79 Å². The topological polar surface area (TPSA) is 63.1 Å². The molecule has 0 atom stereocenters. The molecule has 6 nitrogen and oxygen atoms in total. The summed E-state index contributed by atoms with van der Waals surface area (Å²) in [7, 11) is 5.87. The minimum absolute atomic E-state index is 0.0400. The van der Waals surface area contributed by atoms with Crippen LogP contribution in [-0.4, -0.2) is 34.5 Å². The Morgan fingerprint density at radius 2 is 2.12 bits per heavy atom. The Hall–Kier alpha value is -1.89. The van der Waals surface area contributed by atoms with Crippen LogP contribution in [0.1, 0.15) is 57.7 Å². The van der Waals surface area contributed by atoms with Gasteiger partial charge in [-0.05, 0) is 19.8 Å². The Morgan fingerprint density at radius 1 is 1.42 bits per heavy atom. The maximum atomic E-state index is 12.5. The zero-order valence-electron chi connectivity index (χ0n) is 14.8. The lowest BCUT2D eigenvalue weighted by molar-refractivity contribution is 0.0953. The van der Waals surface area contributed by atoms with Gasteiger partial charge in [0.15, 0.2) is 0 Å². The molecule has 0 saturated heterocycles. The van der Waals surface area contributed by atoms with Gasteiger partial charge in [-0.3, -0.25) is 4.79 Å². The maximum absolute atomic E-state index is 12.5. The number of amides is 1. The molecule has 24 heavy (non-hydrogen) atoms. The number of thiazole rings is 1. The SMILES string of the molecule is Cc1nc(C2CCCC2)sc1C(=O)NCc1cnc(N(C)C)n1C. The number of rotatable bonds is 5. The standard InChI is InChI=1S/C17H25N5OS/c1-11-14(24-16(20-11)12-7-5-6-8-12)15(23)18-9-13-10-19-17(21(2)3)22(13)4/h10,12H,5-9H2,1-4H3,(H,18,23). The molecule has 3 rings (SSSR count). The highest BCUT2D eigenvalue weighted by Crippen LogP contribution is 2.37. The van der Waals surface area contributed by atoms with Crippen molar-refractivity contribution in [2.45, 2.75) is 45.1 Å². The van der Waals surface area contributed by atoms with Gasteiger partial charge < -0.3 is 14.8 Å². The first-order valence-electron chi connectivity index (χ1n) is 8.40. The third kappa shape index (κ3) is 3.31. The van der Waals surface area contributed by atoms with Gasteiger partial charge in [-0.2, -0.15) is 0 Å². The van der Waals surface area contributed by atoms with Gasteiger partial charge >= 0.3 is 0 Å². The van der Waals surface area contributed by atoms with Crippen LogP contribution in [0.15, 0.2) is 6.20 Å². The van der Waals surface area contributed by atoms with Gasteiger partial charge in [-0.25, -0.2) is 9.97 Å². The summed E-state index contributed by atoms with van der Waals surface area (Å²) in [6, 6.07) is 0. The molecule has 0 aliphatic heterocycles. The Morgan fingerprint density at radius 3 is 2.75 bits per heavy atom. The van der Waals surface area contributed by atoms with E-state index in [1.807, 2.05) is 37.5 Å². The second-order valence-corrected chi connectivity index (χ2v) is 7.66. The van der Waals surface area contributed by atoms with Gasteiger partial charge in [-0.1, -0.05) is 12.8 Å². The van der Waals surface area contributed by atoms with Crippen molar-refractivity contribution in [3.05, 3.63) is 27.5 Å². The Labute approximate surface area is 146 Å². The number of carbonyl (C=O) groups excluding carboxylic acids is 1. The number of carbonyl (C=O) groups is 1. The fourth-order valence-corrected chi connectivity index (χ4v) is 4.39. The quantitative estimate of drug-likeness (QED) is 0.903. The lowest BCUT2D eigenvalue weighted by atomic mass is 10.1. The summed E-state index contributed by atoms with van der Waals surface area (Å²) in [6.07, 6.45) is 6.77. The van der Waals surface area contributed by atoms with Crippen molar-refractivity contribution in [2.75, 3.05) is 19.0 Å². The lowest BCUT2D eigenvalue weighted by Crippen LogP contribution is -2.24. The van der Waals surface area contributed by atoms with Crippen LogP contribution in [0, 0.1) is 6.92 Å². The molecule has 0 spiro atoms. The minimum atomic E-state index is -0.0400. The summed E-state index contributed by atoms with van der Waals surface area (Å²) >= 11 is 1.56. The zero-order valence-corrected chi connectivity index (χ0v) is 15.6. The van der Waals surface area contributed by atoms with Gasteiger partial charge in [-0.15, -0.1) is 11.3 Å². The minimum Gasteiger partial charge on any atom is -0.348 e. The van der Waals surface area contributed by atoms with E-state index in [1.165, 1.54) is 25.7 Å². The molecular formula is C17H25N5OS. The molecule has 130 valence electrons. The molecule has 1 aliphatic rings. The van der Waals surface area contributed by atoms with Gasteiger partial charge in [0.25, 0.3) is 5.91 Å². The van der Waals surface area contributed by atoms with E-state index in [1.54, 1.807) is 17.5 Å². The van der Waals surface area contributed by atoms with Crippen molar-refractivity contribution in [3.63, 3.8) is 0 Å². The fourth-order valence-electron chi connectivity index (χ4n) is 3.24. The van der Waals surface area contributed by atoms with Crippen LogP contribution in [0.2, 0.25) is 0 Å². The third-order valence-electron chi connectivity index (χ3n) is 4.61. The number of nitrogens with zero attached hydrogens (tertiary/aromatic N) is 4. The van der Waals surface area contributed by atoms with Crippen LogP contribution in [0.4, 0.5) is 5.95 Å². The third-order valence-corrected chi connectivity index (χ3v) is 5.93. The second-order valence-electron chi connectivity index (χ2n) is 6.63. The highest BCUT2D eigenvalue weighted by atomic mass is 32.1. The summed E-state index contributed by atoms with van der Waals surface area (Å²) in [5, 5.41) is 4.14. The second kappa shape index (κ2) is 6.93. The highest BCUT2D eigenvalue weighted by molar-refractivity contribution is 7.13. The molecule has 1 saturated carbocycles.